The van der Waals surface area contributed by atoms with Crippen molar-refractivity contribution in [2.24, 2.45) is 0 Å². The van der Waals surface area contributed by atoms with Crippen molar-refractivity contribution in [1.82, 2.24) is 29.3 Å². The van der Waals surface area contributed by atoms with E-state index in [1.165, 1.54) is 5.70 Å². The van der Waals surface area contributed by atoms with Crippen molar-refractivity contribution >= 4 is 29.5 Å². The zero-order valence-electron chi connectivity index (χ0n) is 27.5. The highest BCUT2D eigenvalue weighted by Crippen LogP contribution is 2.22. The van der Waals surface area contributed by atoms with Crippen LogP contribution in [0.15, 0.2) is 85.1 Å². The van der Waals surface area contributed by atoms with Gasteiger partial charge in [0.2, 0.25) is 5.95 Å². The van der Waals surface area contributed by atoms with Gasteiger partial charge in [0.05, 0.1) is 23.3 Å². The molecule has 1 aliphatic heterocycles. The maximum atomic E-state index is 13.1. The molecule has 0 spiro atoms. The Labute approximate surface area is 276 Å². The second-order valence-electron chi connectivity index (χ2n) is 11.6. The van der Waals surface area contributed by atoms with Crippen molar-refractivity contribution in [1.29, 1.82) is 0 Å². The quantitative estimate of drug-likeness (QED) is 0.136. The fourth-order valence-electron chi connectivity index (χ4n) is 5.37. The molecule has 11 nitrogen and oxygen atoms in total. The van der Waals surface area contributed by atoms with Crippen LogP contribution in [0.5, 0.6) is 0 Å². The van der Waals surface area contributed by atoms with E-state index in [0.717, 1.165) is 55.1 Å². The van der Waals surface area contributed by atoms with Crippen LogP contribution in [0.4, 0.5) is 17.3 Å². The van der Waals surface area contributed by atoms with Crippen LogP contribution in [0.3, 0.4) is 0 Å². The van der Waals surface area contributed by atoms with Gasteiger partial charge >= 0.3 is 0 Å². The number of allylic oxidation sites excluding steroid dienone is 2. The minimum Gasteiger partial charge on any atom is -0.384 e. The van der Waals surface area contributed by atoms with E-state index in [1.807, 2.05) is 61.0 Å². The second kappa shape index (κ2) is 15.8. The summed E-state index contributed by atoms with van der Waals surface area (Å²) < 4.78 is 1.89. The lowest BCUT2D eigenvalue weighted by molar-refractivity contribution is 0.102. The molecular formula is C36H43N9O2. The first-order valence-corrected chi connectivity index (χ1v) is 15.9. The van der Waals surface area contributed by atoms with Crippen LogP contribution in [0.25, 0.3) is 5.69 Å². The average Bonchev–Trinajstić information content (AvgIpc) is 3.53. The van der Waals surface area contributed by atoms with Gasteiger partial charge in [-0.25, -0.2) is 15.0 Å². The van der Waals surface area contributed by atoms with Crippen LogP contribution in [0.2, 0.25) is 0 Å². The van der Waals surface area contributed by atoms with Crippen molar-refractivity contribution < 1.29 is 9.59 Å². The predicted molar refractivity (Wildman–Crippen MR) is 188 cm³/mol. The fraction of sp³-hybridized carbons (Fsp3) is 0.306. The molecule has 2 aromatic heterocycles. The van der Waals surface area contributed by atoms with Crippen molar-refractivity contribution in [3.63, 3.8) is 0 Å². The SMILES string of the molecule is C/C=C(\C=C/CNc1ncc(C=O)c(CCNc2cc(NC(=O)c3cccc(-n4cnc(C)c4)c3)ccc2C)n1)N1CCN(C)CC1. The second-order valence-corrected chi connectivity index (χ2v) is 11.6. The van der Waals surface area contributed by atoms with Crippen LogP contribution in [-0.2, 0) is 6.42 Å². The summed E-state index contributed by atoms with van der Waals surface area (Å²) in [5, 5.41) is 9.70. The summed E-state index contributed by atoms with van der Waals surface area (Å²) in [5.74, 6) is 0.274. The van der Waals surface area contributed by atoms with Crippen molar-refractivity contribution in [3.8, 4) is 5.69 Å². The van der Waals surface area contributed by atoms with Crippen molar-refractivity contribution in [2.45, 2.75) is 27.2 Å². The summed E-state index contributed by atoms with van der Waals surface area (Å²) in [7, 11) is 2.15. The Kier molecular flexibility index (Phi) is 11.1. The van der Waals surface area contributed by atoms with E-state index in [9.17, 15) is 9.59 Å². The Hall–Kier alpha value is -5.29. The number of nitrogens with one attached hydrogen (secondary N) is 3. The largest absolute Gasteiger partial charge is 0.384 e. The summed E-state index contributed by atoms with van der Waals surface area (Å²) >= 11 is 0. The van der Waals surface area contributed by atoms with Crippen LogP contribution in [0.1, 0.15) is 44.6 Å². The molecule has 3 heterocycles. The van der Waals surface area contributed by atoms with Crippen LogP contribution < -0.4 is 16.0 Å². The lowest BCUT2D eigenvalue weighted by Crippen LogP contribution is -2.43. The van der Waals surface area contributed by atoms with Gasteiger partial charge < -0.3 is 30.3 Å². The van der Waals surface area contributed by atoms with Gasteiger partial charge in [0.15, 0.2) is 6.29 Å². The number of likely N-dealkylation sites (N-methyl/N-ethyl adjacent to an activating group) is 1. The maximum Gasteiger partial charge on any atom is 0.255 e. The third-order valence-electron chi connectivity index (χ3n) is 8.15. The normalized spacial score (nSPS) is 14.0. The molecule has 1 aliphatic rings. The predicted octanol–water partition coefficient (Wildman–Crippen LogP) is 5.12. The van der Waals surface area contributed by atoms with Crippen LogP contribution in [0, 0.1) is 13.8 Å². The highest BCUT2D eigenvalue weighted by Gasteiger charge is 2.14. The molecule has 1 amide bonds. The smallest absolute Gasteiger partial charge is 0.255 e. The maximum absolute atomic E-state index is 13.1. The van der Waals surface area contributed by atoms with Gasteiger partial charge in [0.25, 0.3) is 5.91 Å². The van der Waals surface area contributed by atoms with Gasteiger partial charge in [-0.3, -0.25) is 9.59 Å². The molecule has 1 fully saturated rings. The minimum absolute atomic E-state index is 0.203. The summed E-state index contributed by atoms with van der Waals surface area (Å²) in [6, 6.07) is 13.2. The molecule has 3 N–H and O–H groups in total. The van der Waals surface area contributed by atoms with Gasteiger partial charge in [-0.2, -0.15) is 0 Å². The van der Waals surface area contributed by atoms with Gasteiger partial charge in [-0.1, -0.05) is 24.3 Å². The zero-order chi connectivity index (χ0) is 33.2. The first kappa shape index (κ1) is 33.1. The summed E-state index contributed by atoms with van der Waals surface area (Å²) in [4.78, 5) is 42.8. The van der Waals surface area contributed by atoms with E-state index in [-0.39, 0.29) is 5.91 Å². The Bertz CT molecular complexity index is 1750. The molecule has 244 valence electrons. The standard InChI is InChI=1S/C36H43N9O2/c1-5-31(44-18-16-43(4)17-19-44)10-7-14-38-36-39-22-29(24-46)33(42-36)13-15-37-34-21-30(12-11-26(34)2)41-35(47)28-8-6-9-32(20-28)45-23-27(3)40-25-45/h5-12,20-25,37H,13-19H2,1-4H3,(H,41,47)(H,38,39,42)/b10-7-,31-5+. The van der Waals surface area contributed by atoms with E-state index in [1.54, 1.807) is 18.6 Å². The molecule has 0 saturated carbocycles. The zero-order valence-corrected chi connectivity index (χ0v) is 27.5. The van der Waals surface area contributed by atoms with Crippen molar-refractivity contribution in [3.05, 3.63) is 113 Å². The number of amides is 1. The number of nitrogens with zero attached hydrogens (tertiary/aromatic N) is 6. The number of carbonyl (C=O) groups is 2. The highest BCUT2D eigenvalue weighted by molar-refractivity contribution is 6.04. The Balaban J connectivity index is 1.16. The van der Waals surface area contributed by atoms with Gasteiger partial charge in [-0.15, -0.1) is 0 Å². The lowest BCUT2D eigenvalue weighted by atomic mass is 10.1. The Morgan fingerprint density at radius 3 is 2.60 bits per heavy atom. The summed E-state index contributed by atoms with van der Waals surface area (Å²) in [6.45, 7) is 11.2. The van der Waals surface area contributed by atoms with E-state index in [4.69, 9.17) is 0 Å². The topological polar surface area (TPSA) is 120 Å². The van der Waals surface area contributed by atoms with Gasteiger partial charge in [-0.05, 0) is 69.8 Å². The van der Waals surface area contributed by atoms with Crippen LogP contribution in [-0.4, -0.2) is 87.8 Å². The number of anilines is 3. The number of aromatic nitrogens is 4. The summed E-state index contributed by atoms with van der Waals surface area (Å²) in [5.41, 5.74) is 7.24. The Morgan fingerprint density at radius 2 is 1.85 bits per heavy atom. The summed E-state index contributed by atoms with van der Waals surface area (Å²) in [6.07, 6.45) is 12.8. The first-order valence-electron chi connectivity index (χ1n) is 15.9. The third kappa shape index (κ3) is 8.92. The minimum atomic E-state index is -0.203. The van der Waals surface area contributed by atoms with Gasteiger partial charge in [0, 0.05) is 86.4 Å². The number of carbonyl (C=O) groups excluding carboxylic acids is 2. The molecular weight excluding hydrogens is 590 g/mol. The lowest BCUT2D eigenvalue weighted by Gasteiger charge is -2.34. The van der Waals surface area contributed by atoms with Crippen LogP contribution >= 0.6 is 0 Å². The van der Waals surface area contributed by atoms with Crippen molar-refractivity contribution in [2.75, 3.05) is 62.3 Å². The molecule has 0 unspecified atom stereocenters. The first-order chi connectivity index (χ1) is 22.8. The molecule has 0 atom stereocenters. The molecule has 0 radical (unpaired) electrons. The van der Waals surface area contributed by atoms with Gasteiger partial charge in [0.1, 0.15) is 0 Å². The number of rotatable bonds is 13. The number of imidazole rings is 1. The molecule has 47 heavy (non-hydrogen) atoms. The molecule has 11 heteroatoms. The molecule has 0 aliphatic carbocycles. The van der Waals surface area contributed by atoms with E-state index >= 15 is 0 Å². The number of aldehydes is 1. The molecule has 4 aromatic rings. The van der Waals surface area contributed by atoms with E-state index in [0.29, 0.717) is 48.0 Å². The third-order valence-corrected chi connectivity index (χ3v) is 8.15. The monoisotopic (exact) mass is 633 g/mol. The number of piperazine rings is 1. The average molecular weight is 634 g/mol. The number of hydrogen-bond acceptors (Lipinski definition) is 9. The molecule has 2 aromatic carbocycles. The molecule has 5 rings (SSSR count). The Morgan fingerprint density at radius 1 is 1.02 bits per heavy atom. The van der Waals surface area contributed by atoms with E-state index < -0.39 is 0 Å². The fourth-order valence-corrected chi connectivity index (χ4v) is 5.37. The number of benzene rings is 2. The highest BCUT2D eigenvalue weighted by atomic mass is 16.1. The molecule has 0 bridgehead atoms. The number of hydrogen-bond donors (Lipinski definition) is 3. The van der Waals surface area contributed by atoms with E-state index in [2.05, 4.69) is 72.9 Å². The number of aryl methyl sites for hydroxylation is 2. The molecule has 1 saturated heterocycles.